The zero-order valence-electron chi connectivity index (χ0n) is 51.4. The summed E-state index contributed by atoms with van der Waals surface area (Å²) < 4.78 is 11.5. The average molecular weight is 1400 g/mol. The van der Waals surface area contributed by atoms with Crippen molar-refractivity contribution in [3.05, 3.63) is 141 Å². The fraction of sp³-hybridized carbons (Fsp3) is 0.333. The van der Waals surface area contributed by atoms with Gasteiger partial charge in [-0.05, 0) is 67.9 Å². The third kappa shape index (κ3) is 15.6. The van der Waals surface area contributed by atoms with E-state index in [9.17, 15) is 53.7 Å². The lowest BCUT2D eigenvalue weighted by atomic mass is 9.87. The molecule has 0 spiro atoms. The first-order valence-corrected chi connectivity index (χ1v) is 34.9. The number of nitrogens with zero attached hydrogens (tertiary/aromatic N) is 9. The highest BCUT2D eigenvalue weighted by Gasteiger charge is 2.35. The molecule has 1 aliphatic carbocycles. The number of anilines is 1. The van der Waals surface area contributed by atoms with Crippen LogP contribution in [0.25, 0.3) is 43.4 Å². The van der Waals surface area contributed by atoms with Crippen molar-refractivity contribution in [1.29, 1.82) is 0 Å². The fourth-order valence-electron chi connectivity index (χ4n) is 10.7. The Hall–Kier alpha value is -9.02. The van der Waals surface area contributed by atoms with Crippen molar-refractivity contribution in [2.75, 3.05) is 25.6 Å². The monoisotopic (exact) mass is 1400 g/mol. The standard InChI is InChI=1S/C63H61N13O13S6/c1-29(2)36-19-43(77)48-30(3)94-59(74-48)39(20-46(78)64-4)68-53(81)41-26-90-55(70-41)35-16-18-37(57-72-45(28-93-57)76(23-31-11-17-38(62(85)86)65-21-31)63(87)89-34-14-12-33(13-15-34)61(83)84)67-49(35)40-25-91-58(69-40)42-27-92-60(71-42)51(52(80)32-9-7-6-8-10-32)73-47(79)22-66-54(82)50-44(24-88-5)95-56(36)75-50/h6-11,16-18,21,25-29,33-34,36,39,51-52,80H,12-15,19-20,22-24H2,1-5H3,(H,64,78)(H,66,82)(H,68,81)(H,73,79)(H,83,84)(H,85,86)/t33?,34?,36?,39-,51-,52-/m0/s1. The van der Waals surface area contributed by atoms with Crippen LogP contribution in [-0.2, 0) is 37.0 Å². The number of Topliss-reactive ketones (excluding diaryl/α,β-unsaturated/α-hetero) is 1. The molecule has 7 N–H and O–H groups in total. The Balaban J connectivity index is 0.980. The number of benzene rings is 1. The maximum Gasteiger partial charge on any atom is 0.416 e. The molecule has 0 saturated heterocycles. The molecule has 8 aromatic heterocycles. The molecule has 492 valence electrons. The molecule has 5 amide bonds. The Bertz CT molecular complexity index is 4350. The maximum atomic E-state index is 14.5. The van der Waals surface area contributed by atoms with E-state index < -0.39 is 84.3 Å². The lowest BCUT2D eigenvalue weighted by Crippen LogP contribution is -2.40. The summed E-state index contributed by atoms with van der Waals surface area (Å²) in [6.07, 6.45) is -0.300. The van der Waals surface area contributed by atoms with Gasteiger partial charge in [0, 0.05) is 64.7 Å². The van der Waals surface area contributed by atoms with Crippen molar-refractivity contribution in [3.63, 3.8) is 0 Å². The highest BCUT2D eigenvalue weighted by atomic mass is 32.1. The molecular weight excluding hydrogens is 1340 g/mol. The first kappa shape index (κ1) is 67.4. The summed E-state index contributed by atoms with van der Waals surface area (Å²) in [6, 6.07) is 12.9. The molecule has 95 heavy (non-hydrogen) atoms. The van der Waals surface area contributed by atoms with Crippen LogP contribution in [-0.4, -0.2) is 129 Å². The number of hydrogen-bond donors (Lipinski definition) is 7. The number of nitrogens with one attached hydrogen (secondary N) is 4. The number of aromatic carboxylic acids is 1. The van der Waals surface area contributed by atoms with E-state index in [0.717, 1.165) is 34.0 Å². The van der Waals surface area contributed by atoms with Crippen LogP contribution >= 0.6 is 68.0 Å². The third-order valence-electron chi connectivity index (χ3n) is 15.8. The van der Waals surface area contributed by atoms with Crippen LogP contribution in [0.4, 0.5) is 10.6 Å². The summed E-state index contributed by atoms with van der Waals surface area (Å²) in [7, 11) is 2.94. The van der Waals surface area contributed by atoms with E-state index in [0.29, 0.717) is 105 Å². The molecule has 1 fully saturated rings. The normalized spacial score (nSPS) is 18.2. The number of aliphatic hydroxyl groups is 1. The van der Waals surface area contributed by atoms with Gasteiger partial charge in [-0.25, -0.2) is 49.5 Å². The quantitative estimate of drug-likeness (QED) is 0.0532. The van der Waals surface area contributed by atoms with Gasteiger partial charge < -0.3 is 46.1 Å². The first-order chi connectivity index (χ1) is 45.7. The smallest absolute Gasteiger partial charge is 0.416 e. The minimum Gasteiger partial charge on any atom is -0.481 e. The first-order valence-electron chi connectivity index (χ1n) is 29.8. The van der Waals surface area contributed by atoms with Crippen molar-refractivity contribution in [2.24, 2.45) is 11.8 Å². The lowest BCUT2D eigenvalue weighted by molar-refractivity contribution is -0.143. The number of carboxylic acids is 2. The molecule has 26 nitrogen and oxygen atoms in total. The second kappa shape index (κ2) is 29.7. The number of amides is 5. The van der Waals surface area contributed by atoms with Gasteiger partial charge in [0.05, 0.1) is 53.7 Å². The third-order valence-corrected chi connectivity index (χ3v) is 21.5. The number of aliphatic hydroxyl groups excluding tert-OH is 1. The largest absolute Gasteiger partial charge is 0.481 e. The number of carbonyl (C=O) groups is 8. The Morgan fingerprint density at radius 3 is 2.16 bits per heavy atom. The number of carboxylic acid groups (broad SMARTS) is 2. The summed E-state index contributed by atoms with van der Waals surface area (Å²) in [4.78, 5) is 149. The summed E-state index contributed by atoms with van der Waals surface area (Å²) >= 11 is 7.07. The van der Waals surface area contributed by atoms with Crippen LogP contribution in [0, 0.1) is 18.8 Å². The van der Waals surface area contributed by atoms with Crippen LogP contribution in [0.3, 0.4) is 0 Å². The number of aromatic nitrogens is 8. The van der Waals surface area contributed by atoms with Crippen molar-refractivity contribution >= 4 is 121 Å². The summed E-state index contributed by atoms with van der Waals surface area (Å²) in [5, 5.41) is 51.2. The number of fused-ring (bicyclic) bond motifs is 14. The van der Waals surface area contributed by atoms with Crippen molar-refractivity contribution < 1.29 is 63.1 Å². The molecular formula is C63H61N13O13S6. The van der Waals surface area contributed by atoms with Crippen molar-refractivity contribution in [1.82, 2.24) is 61.1 Å². The number of carbonyl (C=O) groups excluding carboxylic acids is 6. The molecule has 32 heteroatoms. The van der Waals surface area contributed by atoms with Gasteiger partial charge in [0.1, 0.15) is 89.0 Å². The lowest BCUT2D eigenvalue weighted by Gasteiger charge is -2.28. The Labute approximate surface area is 566 Å². The van der Waals surface area contributed by atoms with E-state index >= 15 is 0 Å². The van der Waals surface area contributed by atoms with E-state index in [4.69, 9.17) is 44.4 Å². The molecule has 0 radical (unpaired) electrons. The molecule has 10 bridgehead atoms. The van der Waals surface area contributed by atoms with Crippen molar-refractivity contribution in [2.45, 2.75) is 103 Å². The zero-order chi connectivity index (χ0) is 67.2. The van der Waals surface area contributed by atoms with Gasteiger partial charge in [0.25, 0.3) is 11.8 Å². The molecule has 4 atom stereocenters. The Kier molecular flexibility index (Phi) is 21.1. The van der Waals surface area contributed by atoms with E-state index in [-0.39, 0.29) is 66.3 Å². The van der Waals surface area contributed by atoms with Gasteiger partial charge in [0.2, 0.25) is 11.8 Å². The number of methoxy groups -OCH3 is 1. The number of pyridine rings is 2. The number of ether oxygens (including phenoxy) is 2. The number of thiazole rings is 6. The molecule has 2 aliphatic rings. The zero-order valence-corrected chi connectivity index (χ0v) is 56.3. The van der Waals surface area contributed by atoms with Crippen LogP contribution < -0.4 is 26.2 Å². The van der Waals surface area contributed by atoms with Gasteiger partial charge in [-0.3, -0.25) is 33.7 Å². The van der Waals surface area contributed by atoms with Crippen LogP contribution in [0.5, 0.6) is 0 Å². The SMILES string of the molecule is CNC(=O)C[C@@H]1NC(=O)c2csc(n2)-c2ccc(-c3nc(N(Cc4ccc(C(=O)O)nc4)C(=O)OC4CCC(C(=O)O)CC4)cs3)nc2-c2csc(n2)-c2csc(n2)[C@H]([C@@H](O)c2ccccc2)NC(=O)CNC(=O)c2nc(sc2COC)C(C(C)C)CC(=O)c2nc1sc2C. The van der Waals surface area contributed by atoms with E-state index in [1.165, 1.54) is 71.4 Å². The molecule has 11 rings (SSSR count). The molecule has 1 aromatic carbocycles. The average Bonchev–Trinajstić information content (AvgIpc) is 1.72. The van der Waals surface area contributed by atoms with Crippen LogP contribution in [0.2, 0.25) is 0 Å². The van der Waals surface area contributed by atoms with E-state index in [1.54, 1.807) is 70.9 Å². The topological polar surface area (TPSA) is 370 Å². The molecule has 1 saturated carbocycles. The number of aliphatic carboxylic acids is 1. The molecule has 9 heterocycles. The van der Waals surface area contributed by atoms with Gasteiger partial charge in [0.15, 0.2) is 5.78 Å². The summed E-state index contributed by atoms with van der Waals surface area (Å²) in [6.45, 7) is 4.95. The highest BCUT2D eigenvalue weighted by Crippen LogP contribution is 2.41. The predicted octanol–water partition coefficient (Wildman–Crippen LogP) is 10.1. The van der Waals surface area contributed by atoms with Crippen molar-refractivity contribution in [3.8, 4) is 43.4 Å². The Morgan fingerprint density at radius 2 is 1.44 bits per heavy atom. The Morgan fingerprint density at radius 1 is 0.726 bits per heavy atom. The van der Waals surface area contributed by atoms with E-state index in [1.807, 2.05) is 13.8 Å². The molecule has 1 aliphatic heterocycles. The minimum atomic E-state index is -1.31. The number of ketones is 1. The second-order valence-corrected chi connectivity index (χ2v) is 28.4. The number of hydrogen-bond acceptors (Lipinski definition) is 25. The second-order valence-electron chi connectivity index (χ2n) is 22.6. The highest BCUT2D eigenvalue weighted by molar-refractivity contribution is 7.15. The minimum absolute atomic E-state index is 0.00726. The van der Waals surface area contributed by atoms with Gasteiger partial charge in [-0.15, -0.1) is 68.0 Å². The number of rotatable bonds is 14. The van der Waals surface area contributed by atoms with Crippen LogP contribution in [0.15, 0.2) is 82.3 Å². The van der Waals surface area contributed by atoms with E-state index in [2.05, 4.69) is 26.3 Å². The van der Waals surface area contributed by atoms with Gasteiger partial charge in [-0.1, -0.05) is 50.2 Å². The van der Waals surface area contributed by atoms with Crippen LogP contribution in [0.1, 0.15) is 154 Å². The fourth-order valence-corrected chi connectivity index (χ4v) is 16.3. The maximum absolute atomic E-state index is 14.5. The summed E-state index contributed by atoms with van der Waals surface area (Å²) in [5.41, 5.74) is 2.70. The number of aryl methyl sites for hydroxylation is 1. The van der Waals surface area contributed by atoms with Gasteiger partial charge >= 0.3 is 18.0 Å². The predicted molar refractivity (Wildman–Crippen MR) is 356 cm³/mol. The molecule has 9 aromatic rings. The summed E-state index contributed by atoms with van der Waals surface area (Å²) in [5.74, 6) is -5.89. The molecule has 1 unspecified atom stereocenters. The van der Waals surface area contributed by atoms with Gasteiger partial charge in [-0.2, -0.15) is 0 Å².